The van der Waals surface area contributed by atoms with Crippen LogP contribution in [0.2, 0.25) is 0 Å². The van der Waals surface area contributed by atoms with Crippen LogP contribution < -0.4 is 0 Å². The Balaban J connectivity index is 2.65. The second-order valence-electron chi connectivity index (χ2n) is 3.31. The average molecular weight is 164 g/mol. The molecule has 0 unspecified atom stereocenters. The van der Waals surface area contributed by atoms with Gasteiger partial charge in [0.25, 0.3) is 0 Å². The minimum Gasteiger partial charge on any atom is -0.513 e. The summed E-state index contributed by atoms with van der Waals surface area (Å²) in [6, 6.07) is 0. The van der Waals surface area contributed by atoms with Crippen LogP contribution in [0.25, 0.3) is 0 Å². The van der Waals surface area contributed by atoms with Gasteiger partial charge in [-0.25, -0.2) is 0 Å². The fraction of sp³-hybridized carbons (Fsp3) is 0.455. The van der Waals surface area contributed by atoms with Gasteiger partial charge in [0.05, 0.1) is 5.76 Å². The SMILES string of the molecule is C=C1CCCC/C1=C/C=C(\C)O. The minimum atomic E-state index is 0.362. The van der Waals surface area contributed by atoms with Crippen LogP contribution in [-0.2, 0) is 0 Å². The van der Waals surface area contributed by atoms with Crippen molar-refractivity contribution in [3.8, 4) is 0 Å². The molecule has 0 aliphatic heterocycles. The summed E-state index contributed by atoms with van der Waals surface area (Å²) in [5.74, 6) is 0.362. The highest BCUT2D eigenvalue weighted by Gasteiger charge is 2.07. The van der Waals surface area contributed by atoms with Crippen molar-refractivity contribution in [2.45, 2.75) is 32.6 Å². The second-order valence-corrected chi connectivity index (χ2v) is 3.31. The average Bonchev–Trinajstić information content (AvgIpc) is 2.03. The molecule has 1 aliphatic rings. The van der Waals surface area contributed by atoms with Crippen LogP contribution in [0.3, 0.4) is 0 Å². The molecule has 0 heterocycles. The van der Waals surface area contributed by atoms with Gasteiger partial charge in [0.1, 0.15) is 0 Å². The molecule has 1 aliphatic carbocycles. The quantitative estimate of drug-likeness (QED) is 0.588. The van der Waals surface area contributed by atoms with Gasteiger partial charge in [-0.15, -0.1) is 0 Å². The molecule has 0 radical (unpaired) electrons. The van der Waals surface area contributed by atoms with Gasteiger partial charge in [0.15, 0.2) is 0 Å². The Morgan fingerprint density at radius 3 is 2.67 bits per heavy atom. The van der Waals surface area contributed by atoms with Crippen molar-refractivity contribution < 1.29 is 5.11 Å². The van der Waals surface area contributed by atoms with Crippen molar-refractivity contribution in [1.82, 2.24) is 0 Å². The van der Waals surface area contributed by atoms with Gasteiger partial charge in [0, 0.05) is 0 Å². The van der Waals surface area contributed by atoms with Crippen molar-refractivity contribution in [2.24, 2.45) is 0 Å². The zero-order valence-electron chi connectivity index (χ0n) is 7.64. The molecule has 1 saturated carbocycles. The lowest BCUT2D eigenvalue weighted by Gasteiger charge is -2.15. The van der Waals surface area contributed by atoms with Crippen molar-refractivity contribution in [1.29, 1.82) is 0 Å². The maximum Gasteiger partial charge on any atom is 0.0891 e. The molecule has 0 spiro atoms. The lowest BCUT2D eigenvalue weighted by molar-refractivity contribution is 0.414. The van der Waals surface area contributed by atoms with E-state index in [0.717, 1.165) is 12.8 Å². The molecule has 12 heavy (non-hydrogen) atoms. The van der Waals surface area contributed by atoms with Crippen molar-refractivity contribution in [2.75, 3.05) is 0 Å². The molecule has 0 aromatic heterocycles. The molecule has 1 rings (SSSR count). The monoisotopic (exact) mass is 164 g/mol. The van der Waals surface area contributed by atoms with Gasteiger partial charge >= 0.3 is 0 Å². The van der Waals surface area contributed by atoms with E-state index in [4.69, 9.17) is 5.11 Å². The fourth-order valence-corrected chi connectivity index (χ4v) is 1.41. The zero-order valence-corrected chi connectivity index (χ0v) is 7.64. The summed E-state index contributed by atoms with van der Waals surface area (Å²) in [6.45, 7) is 5.68. The molecule has 0 atom stereocenters. The topological polar surface area (TPSA) is 20.2 Å². The number of allylic oxidation sites excluding steroid dienone is 5. The van der Waals surface area contributed by atoms with Gasteiger partial charge in [0.2, 0.25) is 0 Å². The van der Waals surface area contributed by atoms with Crippen LogP contribution in [-0.4, -0.2) is 5.11 Å². The van der Waals surface area contributed by atoms with Gasteiger partial charge in [-0.2, -0.15) is 0 Å². The molecule has 1 fully saturated rings. The zero-order chi connectivity index (χ0) is 8.97. The predicted octanol–water partition coefficient (Wildman–Crippen LogP) is 3.50. The third-order valence-corrected chi connectivity index (χ3v) is 2.15. The first-order chi connectivity index (χ1) is 5.70. The highest BCUT2D eigenvalue weighted by molar-refractivity contribution is 5.33. The number of aliphatic hydroxyl groups excluding tert-OH is 1. The van der Waals surface area contributed by atoms with E-state index in [2.05, 4.69) is 6.58 Å². The van der Waals surface area contributed by atoms with Crippen LogP contribution >= 0.6 is 0 Å². The standard InChI is InChI=1S/C11H16O/c1-9-5-3-4-6-11(9)8-7-10(2)12/h7-8,12H,1,3-6H2,2H3/b10-7+,11-8-. The summed E-state index contributed by atoms with van der Waals surface area (Å²) in [5, 5.41) is 8.96. The summed E-state index contributed by atoms with van der Waals surface area (Å²) in [6.07, 6.45) is 8.47. The number of hydrogen-bond donors (Lipinski definition) is 1. The maximum atomic E-state index is 8.96. The summed E-state index contributed by atoms with van der Waals surface area (Å²) in [5.41, 5.74) is 2.54. The molecule has 0 aromatic rings. The molecule has 1 heteroatoms. The van der Waals surface area contributed by atoms with Crippen LogP contribution in [0.15, 0.2) is 35.6 Å². The van der Waals surface area contributed by atoms with E-state index in [0.29, 0.717) is 5.76 Å². The normalized spacial score (nSPS) is 23.2. The first-order valence-corrected chi connectivity index (χ1v) is 4.44. The number of hydrogen-bond acceptors (Lipinski definition) is 1. The van der Waals surface area contributed by atoms with Crippen molar-refractivity contribution in [3.63, 3.8) is 0 Å². The molecular formula is C11H16O. The smallest absolute Gasteiger partial charge is 0.0891 e. The molecule has 0 aromatic carbocycles. The van der Waals surface area contributed by atoms with Crippen LogP contribution in [0, 0.1) is 0 Å². The van der Waals surface area contributed by atoms with Gasteiger partial charge in [-0.1, -0.05) is 18.2 Å². The van der Waals surface area contributed by atoms with E-state index < -0.39 is 0 Å². The molecule has 1 N–H and O–H groups in total. The van der Waals surface area contributed by atoms with Gasteiger partial charge in [-0.05, 0) is 44.3 Å². The molecule has 0 amide bonds. The van der Waals surface area contributed by atoms with Gasteiger partial charge < -0.3 is 5.11 Å². The fourth-order valence-electron chi connectivity index (χ4n) is 1.41. The first kappa shape index (κ1) is 9.11. The van der Waals surface area contributed by atoms with Crippen LogP contribution in [0.1, 0.15) is 32.6 Å². The Labute approximate surface area is 74.1 Å². The lowest BCUT2D eigenvalue weighted by Crippen LogP contribution is -1.96. The van der Waals surface area contributed by atoms with E-state index in [1.165, 1.54) is 24.0 Å². The Morgan fingerprint density at radius 1 is 1.42 bits per heavy atom. The third kappa shape index (κ3) is 2.57. The van der Waals surface area contributed by atoms with Crippen molar-refractivity contribution in [3.05, 3.63) is 35.6 Å². The Morgan fingerprint density at radius 2 is 2.08 bits per heavy atom. The molecule has 0 bridgehead atoms. The van der Waals surface area contributed by atoms with Crippen LogP contribution in [0.5, 0.6) is 0 Å². The molecular weight excluding hydrogens is 148 g/mol. The largest absolute Gasteiger partial charge is 0.513 e. The van der Waals surface area contributed by atoms with Crippen LogP contribution in [0.4, 0.5) is 0 Å². The van der Waals surface area contributed by atoms with Crippen molar-refractivity contribution >= 4 is 0 Å². The maximum absolute atomic E-state index is 8.96. The first-order valence-electron chi connectivity index (χ1n) is 4.44. The second kappa shape index (κ2) is 4.15. The minimum absolute atomic E-state index is 0.362. The molecule has 66 valence electrons. The summed E-state index contributed by atoms with van der Waals surface area (Å²) >= 11 is 0. The predicted molar refractivity (Wildman–Crippen MR) is 52.1 cm³/mol. The van der Waals surface area contributed by atoms with E-state index in [9.17, 15) is 0 Å². The molecule has 1 nitrogen and oxygen atoms in total. The van der Waals surface area contributed by atoms with Gasteiger partial charge in [-0.3, -0.25) is 0 Å². The van der Waals surface area contributed by atoms with E-state index in [-0.39, 0.29) is 0 Å². The summed E-state index contributed by atoms with van der Waals surface area (Å²) in [7, 11) is 0. The summed E-state index contributed by atoms with van der Waals surface area (Å²) in [4.78, 5) is 0. The van der Waals surface area contributed by atoms with E-state index in [1.807, 2.05) is 6.08 Å². The molecule has 0 saturated heterocycles. The highest BCUT2D eigenvalue weighted by Crippen LogP contribution is 2.27. The third-order valence-electron chi connectivity index (χ3n) is 2.15. The van der Waals surface area contributed by atoms with E-state index in [1.54, 1.807) is 13.0 Å². The summed E-state index contributed by atoms with van der Waals surface area (Å²) < 4.78 is 0. The lowest BCUT2D eigenvalue weighted by atomic mass is 9.90. The Kier molecular flexibility index (Phi) is 3.15. The Hall–Kier alpha value is -0.980. The Bertz CT molecular complexity index is 229. The van der Waals surface area contributed by atoms with E-state index >= 15 is 0 Å². The number of aliphatic hydroxyl groups is 1. The highest BCUT2D eigenvalue weighted by atomic mass is 16.3. The number of rotatable bonds is 1.